The number of fused-ring (bicyclic) bond motifs is 14. The number of hydrogen-bond acceptors (Lipinski definition) is 0. The third kappa shape index (κ3) is 3.25. The molecule has 0 atom stereocenters. The molecule has 0 radical (unpaired) electrons. The Balaban J connectivity index is 1.12. The summed E-state index contributed by atoms with van der Waals surface area (Å²) in [6, 6.07) is 65.5. The van der Waals surface area contributed by atoms with E-state index >= 15 is 0 Å². The summed E-state index contributed by atoms with van der Waals surface area (Å²) in [5.74, 6) is 0. The average Bonchev–Trinajstić information content (AvgIpc) is 3.76. The SMILES string of the molecule is c1ccc2c(c1)-c1ccccc1C21c2ccccc2-c2cc(-c3ccc4c(c3)c3ccccc3n4-c3ccc4ccccc4c3)ccc21. The Hall–Kier alpha value is -6.18. The molecule has 0 amide bonds. The lowest BCUT2D eigenvalue weighted by atomic mass is 9.70. The van der Waals surface area contributed by atoms with Gasteiger partial charge in [-0.2, -0.15) is 0 Å². The van der Waals surface area contributed by atoms with E-state index in [1.54, 1.807) is 0 Å². The molecule has 0 bridgehead atoms. The maximum Gasteiger partial charge on any atom is 0.0725 e. The quantitative estimate of drug-likeness (QED) is 0.184. The van der Waals surface area contributed by atoms with Gasteiger partial charge >= 0.3 is 0 Å². The molecule has 1 nitrogen and oxygen atoms in total. The minimum Gasteiger partial charge on any atom is -0.309 e. The van der Waals surface area contributed by atoms with Crippen LogP contribution in [0.5, 0.6) is 0 Å². The number of para-hydroxylation sites is 1. The van der Waals surface area contributed by atoms with Gasteiger partial charge in [0.05, 0.1) is 16.4 Å². The largest absolute Gasteiger partial charge is 0.309 e. The van der Waals surface area contributed by atoms with Crippen LogP contribution in [0.25, 0.3) is 71.6 Å². The van der Waals surface area contributed by atoms with Gasteiger partial charge in [0.2, 0.25) is 0 Å². The normalized spacial score (nSPS) is 13.6. The van der Waals surface area contributed by atoms with Gasteiger partial charge in [0, 0.05) is 16.5 Å². The van der Waals surface area contributed by atoms with Crippen molar-refractivity contribution in [3.63, 3.8) is 0 Å². The highest BCUT2D eigenvalue weighted by Crippen LogP contribution is 2.62. The fourth-order valence-electron chi connectivity index (χ4n) is 9.03. The van der Waals surface area contributed by atoms with E-state index in [9.17, 15) is 0 Å². The Labute approximate surface area is 279 Å². The summed E-state index contributed by atoms with van der Waals surface area (Å²) >= 11 is 0. The van der Waals surface area contributed by atoms with Gasteiger partial charge in [-0.25, -0.2) is 0 Å². The van der Waals surface area contributed by atoms with Crippen molar-refractivity contribution in [2.24, 2.45) is 0 Å². The molecule has 8 aromatic carbocycles. The predicted molar refractivity (Wildman–Crippen MR) is 200 cm³/mol. The van der Waals surface area contributed by atoms with Crippen LogP contribution < -0.4 is 0 Å². The molecule has 2 aliphatic rings. The van der Waals surface area contributed by atoms with Crippen LogP contribution >= 0.6 is 0 Å². The van der Waals surface area contributed by atoms with E-state index in [1.807, 2.05) is 0 Å². The zero-order valence-corrected chi connectivity index (χ0v) is 26.2. The summed E-state index contributed by atoms with van der Waals surface area (Å²) in [4.78, 5) is 0. The number of rotatable bonds is 2. The lowest BCUT2D eigenvalue weighted by Gasteiger charge is -2.30. The third-order valence-electron chi connectivity index (χ3n) is 11.0. The van der Waals surface area contributed by atoms with E-state index in [0.29, 0.717) is 0 Å². The van der Waals surface area contributed by atoms with Gasteiger partial charge in [0.1, 0.15) is 0 Å². The van der Waals surface area contributed by atoms with Crippen molar-refractivity contribution in [3.8, 4) is 39.1 Å². The summed E-state index contributed by atoms with van der Waals surface area (Å²) in [5.41, 5.74) is 16.6. The Bertz CT molecular complexity index is 2750. The van der Waals surface area contributed by atoms with Crippen LogP contribution in [0.1, 0.15) is 22.3 Å². The van der Waals surface area contributed by atoms with Crippen LogP contribution in [0, 0.1) is 0 Å². The van der Waals surface area contributed by atoms with Gasteiger partial charge in [0.15, 0.2) is 0 Å². The van der Waals surface area contributed by atoms with Crippen LogP contribution in [0.4, 0.5) is 0 Å². The molecule has 1 heteroatoms. The summed E-state index contributed by atoms with van der Waals surface area (Å²) < 4.78 is 2.42. The third-order valence-corrected chi connectivity index (χ3v) is 11.0. The second-order valence-corrected chi connectivity index (χ2v) is 13.3. The molecule has 11 rings (SSSR count). The zero-order valence-electron chi connectivity index (χ0n) is 26.2. The van der Waals surface area contributed by atoms with E-state index < -0.39 is 0 Å². The van der Waals surface area contributed by atoms with Crippen molar-refractivity contribution in [3.05, 3.63) is 198 Å². The number of benzene rings is 8. The lowest BCUT2D eigenvalue weighted by molar-refractivity contribution is 0.794. The predicted octanol–water partition coefficient (Wildman–Crippen LogP) is 11.9. The molecule has 1 aromatic heterocycles. The summed E-state index contributed by atoms with van der Waals surface area (Å²) in [5, 5.41) is 5.05. The van der Waals surface area contributed by atoms with Gasteiger partial charge in [-0.1, -0.05) is 140 Å². The number of aromatic nitrogens is 1. The molecule has 0 unspecified atom stereocenters. The van der Waals surface area contributed by atoms with E-state index in [4.69, 9.17) is 0 Å². The van der Waals surface area contributed by atoms with Gasteiger partial charge in [0.25, 0.3) is 0 Å². The molecule has 0 saturated carbocycles. The zero-order chi connectivity index (χ0) is 31.4. The smallest absolute Gasteiger partial charge is 0.0725 e. The van der Waals surface area contributed by atoms with Gasteiger partial charge < -0.3 is 4.57 Å². The monoisotopic (exact) mass is 607 g/mol. The average molecular weight is 608 g/mol. The second kappa shape index (κ2) is 9.44. The first kappa shape index (κ1) is 25.9. The fourth-order valence-corrected chi connectivity index (χ4v) is 9.03. The lowest BCUT2D eigenvalue weighted by Crippen LogP contribution is -2.25. The molecule has 0 saturated heterocycles. The van der Waals surface area contributed by atoms with Crippen LogP contribution in [-0.2, 0) is 5.41 Å². The second-order valence-electron chi connectivity index (χ2n) is 13.3. The molecule has 2 aliphatic carbocycles. The van der Waals surface area contributed by atoms with Crippen molar-refractivity contribution in [1.82, 2.24) is 4.57 Å². The van der Waals surface area contributed by atoms with Gasteiger partial charge in [-0.3, -0.25) is 0 Å². The Morgan fingerprint density at radius 3 is 1.62 bits per heavy atom. The molecule has 1 heterocycles. The molecule has 1 spiro atoms. The molecule has 0 N–H and O–H groups in total. The number of hydrogen-bond donors (Lipinski definition) is 0. The van der Waals surface area contributed by atoms with Gasteiger partial charge in [-0.15, -0.1) is 0 Å². The van der Waals surface area contributed by atoms with E-state index in [0.717, 1.165) is 0 Å². The Morgan fingerprint density at radius 1 is 0.333 bits per heavy atom. The maximum absolute atomic E-state index is 2.44. The highest BCUT2D eigenvalue weighted by atomic mass is 15.0. The molecule has 48 heavy (non-hydrogen) atoms. The minimum absolute atomic E-state index is 0.311. The minimum atomic E-state index is -0.311. The van der Waals surface area contributed by atoms with Crippen molar-refractivity contribution in [2.45, 2.75) is 5.41 Å². The highest BCUT2D eigenvalue weighted by molar-refractivity contribution is 6.11. The van der Waals surface area contributed by atoms with Crippen molar-refractivity contribution in [2.75, 3.05) is 0 Å². The first-order chi connectivity index (χ1) is 23.8. The van der Waals surface area contributed by atoms with E-state index in [2.05, 4.69) is 180 Å². The molecular formula is C47H29N. The van der Waals surface area contributed by atoms with Crippen LogP contribution in [-0.4, -0.2) is 4.57 Å². The molecule has 0 fully saturated rings. The maximum atomic E-state index is 2.44. The molecule has 0 aliphatic heterocycles. The van der Waals surface area contributed by atoms with Crippen LogP contribution in [0.3, 0.4) is 0 Å². The van der Waals surface area contributed by atoms with Crippen molar-refractivity contribution >= 4 is 32.6 Å². The molecular weight excluding hydrogens is 579 g/mol. The fraction of sp³-hybridized carbons (Fsp3) is 0.0213. The van der Waals surface area contributed by atoms with E-state index in [1.165, 1.54) is 93.9 Å². The van der Waals surface area contributed by atoms with Crippen LogP contribution in [0.15, 0.2) is 176 Å². The summed E-state index contributed by atoms with van der Waals surface area (Å²) in [6.45, 7) is 0. The molecule has 9 aromatic rings. The molecule has 222 valence electrons. The van der Waals surface area contributed by atoms with Gasteiger partial charge in [-0.05, 0) is 103 Å². The highest BCUT2D eigenvalue weighted by Gasteiger charge is 2.51. The summed E-state index contributed by atoms with van der Waals surface area (Å²) in [7, 11) is 0. The number of nitrogens with zero attached hydrogens (tertiary/aromatic N) is 1. The Morgan fingerprint density at radius 2 is 0.875 bits per heavy atom. The van der Waals surface area contributed by atoms with Crippen LogP contribution in [0.2, 0.25) is 0 Å². The van der Waals surface area contributed by atoms with Crippen molar-refractivity contribution in [1.29, 1.82) is 0 Å². The Kier molecular flexibility index (Phi) is 5.10. The summed E-state index contributed by atoms with van der Waals surface area (Å²) in [6.07, 6.45) is 0. The van der Waals surface area contributed by atoms with Crippen molar-refractivity contribution < 1.29 is 0 Å². The topological polar surface area (TPSA) is 4.93 Å². The van der Waals surface area contributed by atoms with E-state index in [-0.39, 0.29) is 5.41 Å². The first-order valence-electron chi connectivity index (χ1n) is 16.8. The first-order valence-corrected chi connectivity index (χ1v) is 16.8. The standard InChI is InChI=1S/C47H29N/c1-2-12-31-27-34(24-21-30(31)11-1)48-45-20-10-6-16-38(45)40-29-33(23-26-46(40)48)32-22-25-44-39(28-32)37-15-5-9-19-43(37)47(44)41-17-7-3-13-35(41)36-14-4-8-18-42(36)47/h1-29H.